The van der Waals surface area contributed by atoms with E-state index in [2.05, 4.69) is 33.9 Å². The molecule has 5 aromatic rings. The second-order valence-electron chi connectivity index (χ2n) is 7.55. The van der Waals surface area contributed by atoms with Gasteiger partial charge in [0.2, 0.25) is 5.89 Å². The standard InChI is InChI=1S/C23H16FN5O2S.C3H8/c24-17-9-5-4-6-15(17)14-29-19(23-25-10-11-31-23)12-18(28-29)21-26-13-20(22(30)27-21)32-16-7-2-1-3-8-16;1-3-2/h1-13H,14H2,(H,26,27,30);3H2,1-2H3. The van der Waals surface area contributed by atoms with Gasteiger partial charge >= 0.3 is 0 Å². The molecular weight excluding hydrogens is 465 g/mol. The summed E-state index contributed by atoms with van der Waals surface area (Å²) in [6, 6.07) is 17.7. The molecule has 5 rings (SSSR count). The number of nitrogens with one attached hydrogen (secondary N) is 1. The van der Waals surface area contributed by atoms with Crippen LogP contribution < -0.4 is 5.56 Å². The second kappa shape index (κ2) is 11.4. The minimum atomic E-state index is -0.336. The molecule has 0 saturated heterocycles. The first-order chi connectivity index (χ1) is 17.1. The van der Waals surface area contributed by atoms with Crippen LogP contribution in [0.3, 0.4) is 0 Å². The molecule has 0 fully saturated rings. The van der Waals surface area contributed by atoms with Crippen molar-refractivity contribution in [1.82, 2.24) is 24.7 Å². The molecule has 9 heteroatoms. The Labute approximate surface area is 206 Å². The van der Waals surface area contributed by atoms with Gasteiger partial charge < -0.3 is 9.40 Å². The van der Waals surface area contributed by atoms with E-state index in [9.17, 15) is 9.18 Å². The van der Waals surface area contributed by atoms with E-state index in [4.69, 9.17) is 4.42 Å². The van der Waals surface area contributed by atoms with Crippen LogP contribution in [0.5, 0.6) is 0 Å². The lowest BCUT2D eigenvalue weighted by Crippen LogP contribution is -2.11. The lowest BCUT2D eigenvalue weighted by atomic mass is 10.2. The predicted molar refractivity (Wildman–Crippen MR) is 134 cm³/mol. The van der Waals surface area contributed by atoms with Crippen LogP contribution in [-0.2, 0) is 6.54 Å². The zero-order valence-corrected chi connectivity index (χ0v) is 20.1. The second-order valence-corrected chi connectivity index (χ2v) is 8.66. The van der Waals surface area contributed by atoms with Crippen molar-refractivity contribution in [2.45, 2.75) is 36.6 Å². The fourth-order valence-electron chi connectivity index (χ4n) is 3.16. The molecule has 0 radical (unpaired) electrons. The summed E-state index contributed by atoms with van der Waals surface area (Å²) in [4.78, 5) is 25.4. The lowest BCUT2D eigenvalue weighted by molar-refractivity contribution is 0.553. The molecule has 0 aliphatic heterocycles. The Morgan fingerprint density at radius 1 is 1.06 bits per heavy atom. The van der Waals surface area contributed by atoms with Crippen molar-refractivity contribution < 1.29 is 8.81 Å². The van der Waals surface area contributed by atoms with E-state index >= 15 is 0 Å². The maximum atomic E-state index is 14.2. The average molecular weight is 490 g/mol. The first kappa shape index (κ1) is 24.2. The fourth-order valence-corrected chi connectivity index (χ4v) is 3.96. The quantitative estimate of drug-likeness (QED) is 0.313. The highest BCUT2D eigenvalue weighted by Crippen LogP contribution is 2.27. The van der Waals surface area contributed by atoms with Gasteiger partial charge in [0.15, 0.2) is 5.82 Å². The zero-order valence-electron chi connectivity index (χ0n) is 19.3. The van der Waals surface area contributed by atoms with Crippen molar-refractivity contribution in [2.75, 3.05) is 0 Å². The topological polar surface area (TPSA) is 89.6 Å². The normalized spacial score (nSPS) is 10.6. The molecule has 3 heterocycles. The summed E-state index contributed by atoms with van der Waals surface area (Å²) in [7, 11) is 0. The average Bonchev–Trinajstić information content (AvgIpc) is 3.53. The highest BCUT2D eigenvalue weighted by atomic mass is 32.2. The Bertz CT molecular complexity index is 1430. The van der Waals surface area contributed by atoms with Crippen LogP contribution in [0.2, 0.25) is 0 Å². The van der Waals surface area contributed by atoms with E-state index in [1.165, 1.54) is 42.9 Å². The number of halogens is 1. The number of rotatable bonds is 6. The van der Waals surface area contributed by atoms with Gasteiger partial charge in [0.25, 0.3) is 5.56 Å². The van der Waals surface area contributed by atoms with Gasteiger partial charge in [-0.2, -0.15) is 5.10 Å². The number of benzene rings is 2. The van der Waals surface area contributed by atoms with E-state index in [-0.39, 0.29) is 17.9 Å². The molecule has 0 unspecified atom stereocenters. The van der Waals surface area contributed by atoms with E-state index < -0.39 is 0 Å². The Kier molecular flexibility index (Phi) is 7.89. The molecule has 7 nitrogen and oxygen atoms in total. The molecule has 0 atom stereocenters. The molecule has 178 valence electrons. The summed E-state index contributed by atoms with van der Waals surface area (Å²) in [6.45, 7) is 4.41. The van der Waals surface area contributed by atoms with E-state index in [1.54, 1.807) is 28.9 Å². The van der Waals surface area contributed by atoms with E-state index in [1.807, 2.05) is 30.3 Å². The van der Waals surface area contributed by atoms with Crippen molar-refractivity contribution in [3.8, 4) is 23.1 Å². The van der Waals surface area contributed by atoms with Crippen molar-refractivity contribution in [3.05, 3.63) is 101 Å². The minimum absolute atomic E-state index is 0.163. The van der Waals surface area contributed by atoms with Crippen LogP contribution in [0, 0.1) is 5.82 Å². The van der Waals surface area contributed by atoms with Gasteiger partial charge in [-0.1, -0.05) is 68.4 Å². The van der Waals surface area contributed by atoms with Crippen molar-refractivity contribution in [2.24, 2.45) is 0 Å². The molecule has 3 aromatic heterocycles. The van der Waals surface area contributed by atoms with Crippen LogP contribution >= 0.6 is 11.8 Å². The van der Waals surface area contributed by atoms with Crippen molar-refractivity contribution >= 4 is 11.8 Å². The Morgan fingerprint density at radius 2 is 1.80 bits per heavy atom. The molecule has 0 saturated carbocycles. The first-order valence-corrected chi connectivity index (χ1v) is 11.9. The summed E-state index contributed by atoms with van der Waals surface area (Å²) in [6.07, 6.45) is 5.74. The van der Waals surface area contributed by atoms with E-state index in [0.29, 0.717) is 33.6 Å². The molecule has 2 aromatic carbocycles. The SMILES string of the molecule is CCC.O=c1[nH]c(-c2cc(-c3ncco3)n(Cc3ccccc3F)n2)ncc1Sc1ccccc1. The van der Waals surface area contributed by atoms with E-state index in [0.717, 1.165) is 4.90 Å². The predicted octanol–water partition coefficient (Wildman–Crippen LogP) is 6.04. The van der Waals surface area contributed by atoms with Gasteiger partial charge in [-0.25, -0.2) is 14.4 Å². The zero-order chi connectivity index (χ0) is 24.6. The first-order valence-electron chi connectivity index (χ1n) is 11.1. The number of aromatic amines is 1. The van der Waals surface area contributed by atoms with Gasteiger partial charge in [0.1, 0.15) is 23.5 Å². The molecule has 0 spiro atoms. The number of aromatic nitrogens is 5. The Hall–Kier alpha value is -3.98. The molecule has 0 bridgehead atoms. The van der Waals surface area contributed by atoms with Gasteiger partial charge in [-0.15, -0.1) is 0 Å². The summed E-state index contributed by atoms with van der Waals surface area (Å²) in [5.74, 6) is 0.294. The lowest BCUT2D eigenvalue weighted by Gasteiger charge is -2.06. The van der Waals surface area contributed by atoms with Crippen LogP contribution in [0.1, 0.15) is 25.8 Å². The summed E-state index contributed by atoms with van der Waals surface area (Å²) in [5, 5.41) is 4.54. The smallest absolute Gasteiger partial charge is 0.265 e. The van der Waals surface area contributed by atoms with Gasteiger partial charge in [0, 0.05) is 22.7 Å². The van der Waals surface area contributed by atoms with Crippen molar-refractivity contribution in [1.29, 1.82) is 0 Å². The van der Waals surface area contributed by atoms with Gasteiger partial charge in [-0.05, 0) is 18.2 Å². The summed E-state index contributed by atoms with van der Waals surface area (Å²) in [5.41, 5.74) is 1.15. The maximum Gasteiger partial charge on any atom is 0.265 e. The highest BCUT2D eigenvalue weighted by molar-refractivity contribution is 7.99. The molecule has 0 aliphatic rings. The maximum absolute atomic E-state index is 14.2. The molecular formula is C26H24FN5O2S. The van der Waals surface area contributed by atoms with Crippen LogP contribution in [0.25, 0.3) is 23.1 Å². The minimum Gasteiger partial charge on any atom is -0.443 e. The number of H-pyrrole nitrogens is 1. The molecule has 1 N–H and O–H groups in total. The third-order valence-electron chi connectivity index (χ3n) is 4.69. The van der Waals surface area contributed by atoms with Gasteiger partial charge in [0.05, 0.1) is 17.6 Å². The number of hydrogen-bond donors (Lipinski definition) is 1. The molecule has 35 heavy (non-hydrogen) atoms. The highest BCUT2D eigenvalue weighted by Gasteiger charge is 2.18. The largest absolute Gasteiger partial charge is 0.443 e. The number of nitrogens with zero attached hydrogens (tertiary/aromatic N) is 4. The number of oxazole rings is 1. The molecule has 0 amide bonds. The van der Waals surface area contributed by atoms with Crippen LogP contribution in [0.4, 0.5) is 4.39 Å². The monoisotopic (exact) mass is 489 g/mol. The van der Waals surface area contributed by atoms with Crippen molar-refractivity contribution in [3.63, 3.8) is 0 Å². The molecule has 0 aliphatic carbocycles. The Morgan fingerprint density at radius 3 is 2.49 bits per heavy atom. The third-order valence-corrected chi connectivity index (χ3v) is 5.71. The summed E-state index contributed by atoms with van der Waals surface area (Å²) >= 11 is 1.33. The van der Waals surface area contributed by atoms with Crippen LogP contribution in [0.15, 0.2) is 98.3 Å². The Balaban J connectivity index is 0.000000917. The fraction of sp³-hybridized carbons (Fsp3) is 0.154. The third kappa shape index (κ3) is 5.93. The summed E-state index contributed by atoms with van der Waals surface area (Å²) < 4.78 is 21.2. The van der Waals surface area contributed by atoms with Gasteiger partial charge in [-0.3, -0.25) is 9.48 Å². The van der Waals surface area contributed by atoms with Crippen LogP contribution in [-0.4, -0.2) is 24.7 Å². The number of hydrogen-bond acceptors (Lipinski definition) is 6.